The van der Waals surface area contributed by atoms with Gasteiger partial charge in [0.2, 0.25) is 0 Å². The van der Waals surface area contributed by atoms with Gasteiger partial charge in [0.25, 0.3) is 5.69 Å². The summed E-state index contributed by atoms with van der Waals surface area (Å²) >= 11 is 1.23. The van der Waals surface area contributed by atoms with Crippen LogP contribution in [0, 0.1) is 10.1 Å². The summed E-state index contributed by atoms with van der Waals surface area (Å²) in [5.41, 5.74) is 4.98. The zero-order valence-corrected chi connectivity index (χ0v) is 11.8. The number of rotatable bonds is 4. The van der Waals surface area contributed by atoms with Crippen LogP contribution in [-0.2, 0) is 9.53 Å². The molecule has 0 saturated carbocycles. The third kappa shape index (κ3) is 5.17. The molecule has 0 heterocycles. The Labute approximate surface area is 115 Å². The lowest BCUT2D eigenvalue weighted by Crippen LogP contribution is -2.24. The molecule has 0 spiro atoms. The number of benzene rings is 1. The van der Waals surface area contributed by atoms with Crippen molar-refractivity contribution in [1.82, 2.24) is 0 Å². The number of esters is 1. The van der Waals surface area contributed by atoms with Crippen molar-refractivity contribution in [2.45, 2.75) is 31.3 Å². The first-order chi connectivity index (χ1) is 8.69. The molecule has 1 rings (SSSR count). The first kappa shape index (κ1) is 15.3. The monoisotopic (exact) mass is 284 g/mol. The van der Waals surface area contributed by atoms with Gasteiger partial charge in [-0.3, -0.25) is 14.9 Å². The minimum Gasteiger partial charge on any atom is -0.459 e. The van der Waals surface area contributed by atoms with Crippen LogP contribution in [0.4, 0.5) is 11.4 Å². The standard InChI is InChI=1S/C12H16N2O4S/c1-12(2,3)18-11(15)7-19-8-4-5-10(14(16)17)9(13)6-8/h4-6H,7,13H2,1-3H3. The van der Waals surface area contributed by atoms with Crippen LogP contribution in [0.15, 0.2) is 23.1 Å². The summed E-state index contributed by atoms with van der Waals surface area (Å²) in [5.74, 6) is -0.205. The fraction of sp³-hybridized carbons (Fsp3) is 0.417. The van der Waals surface area contributed by atoms with Gasteiger partial charge in [-0.1, -0.05) is 0 Å². The number of carbonyl (C=O) groups excluding carboxylic acids is 1. The molecule has 6 nitrogen and oxygen atoms in total. The van der Waals surface area contributed by atoms with Gasteiger partial charge in [-0.2, -0.15) is 0 Å². The van der Waals surface area contributed by atoms with Crippen molar-refractivity contribution in [1.29, 1.82) is 0 Å². The van der Waals surface area contributed by atoms with Crippen molar-refractivity contribution in [3.05, 3.63) is 28.3 Å². The Balaban J connectivity index is 2.62. The predicted octanol–water partition coefficient (Wildman–Crippen LogP) is 2.61. The number of thioether (sulfide) groups is 1. The van der Waals surface area contributed by atoms with E-state index in [1.807, 2.05) is 0 Å². The Morgan fingerprint density at radius 3 is 2.58 bits per heavy atom. The van der Waals surface area contributed by atoms with E-state index in [1.165, 1.54) is 23.9 Å². The molecule has 0 radical (unpaired) electrons. The number of nitro groups is 1. The lowest BCUT2D eigenvalue weighted by atomic mass is 10.2. The van der Waals surface area contributed by atoms with E-state index in [0.29, 0.717) is 4.90 Å². The largest absolute Gasteiger partial charge is 0.459 e. The Kier molecular flexibility index (Phi) is 4.77. The van der Waals surface area contributed by atoms with Gasteiger partial charge in [-0.05, 0) is 32.9 Å². The molecule has 1 aromatic rings. The van der Waals surface area contributed by atoms with E-state index in [-0.39, 0.29) is 23.1 Å². The van der Waals surface area contributed by atoms with Gasteiger partial charge in [0.05, 0.1) is 10.7 Å². The first-order valence-electron chi connectivity index (χ1n) is 5.57. The summed E-state index contributed by atoms with van der Waals surface area (Å²) in [6.45, 7) is 5.37. The third-order valence-electron chi connectivity index (χ3n) is 1.97. The molecule has 1 aromatic carbocycles. The predicted molar refractivity (Wildman–Crippen MR) is 74.1 cm³/mol. The summed E-state index contributed by atoms with van der Waals surface area (Å²) in [4.78, 5) is 22.3. The van der Waals surface area contributed by atoms with Gasteiger partial charge in [0.15, 0.2) is 0 Å². The van der Waals surface area contributed by atoms with Crippen LogP contribution in [-0.4, -0.2) is 22.2 Å². The Morgan fingerprint density at radius 1 is 1.47 bits per heavy atom. The lowest BCUT2D eigenvalue weighted by molar-refractivity contribution is -0.383. The Morgan fingerprint density at radius 2 is 2.11 bits per heavy atom. The first-order valence-corrected chi connectivity index (χ1v) is 6.56. The van der Waals surface area contributed by atoms with Gasteiger partial charge in [0, 0.05) is 11.0 Å². The second kappa shape index (κ2) is 5.92. The van der Waals surface area contributed by atoms with E-state index >= 15 is 0 Å². The van der Waals surface area contributed by atoms with Crippen molar-refractivity contribution in [2.24, 2.45) is 0 Å². The number of hydrogen-bond acceptors (Lipinski definition) is 6. The number of ether oxygens (including phenoxy) is 1. The molecule has 104 valence electrons. The highest BCUT2D eigenvalue weighted by atomic mass is 32.2. The maximum absolute atomic E-state index is 11.5. The highest BCUT2D eigenvalue weighted by Gasteiger charge is 2.17. The van der Waals surface area contributed by atoms with Crippen molar-refractivity contribution in [3.63, 3.8) is 0 Å². The minimum absolute atomic E-state index is 0.0826. The highest BCUT2D eigenvalue weighted by molar-refractivity contribution is 8.00. The second-order valence-electron chi connectivity index (χ2n) is 4.85. The average Bonchev–Trinajstić information content (AvgIpc) is 2.23. The molecule has 19 heavy (non-hydrogen) atoms. The van der Waals surface area contributed by atoms with E-state index in [0.717, 1.165) is 0 Å². The fourth-order valence-electron chi connectivity index (χ4n) is 1.30. The molecular weight excluding hydrogens is 268 g/mol. The topological polar surface area (TPSA) is 95.5 Å². The maximum Gasteiger partial charge on any atom is 0.316 e. The zero-order valence-electron chi connectivity index (χ0n) is 11.0. The summed E-state index contributed by atoms with van der Waals surface area (Å²) in [5, 5.41) is 10.6. The van der Waals surface area contributed by atoms with Crippen LogP contribution in [0.3, 0.4) is 0 Å². The molecule has 0 aliphatic rings. The summed E-state index contributed by atoms with van der Waals surface area (Å²) in [6, 6.07) is 4.36. The Hall–Kier alpha value is -1.76. The van der Waals surface area contributed by atoms with Crippen molar-refractivity contribution in [3.8, 4) is 0 Å². The quantitative estimate of drug-likeness (QED) is 0.300. The van der Waals surface area contributed by atoms with Crippen LogP contribution < -0.4 is 5.73 Å². The molecule has 0 amide bonds. The molecule has 0 aliphatic heterocycles. The number of hydrogen-bond donors (Lipinski definition) is 1. The third-order valence-corrected chi connectivity index (χ3v) is 2.94. The lowest BCUT2D eigenvalue weighted by Gasteiger charge is -2.19. The molecule has 0 fully saturated rings. The number of nitrogen functional groups attached to an aromatic ring is 1. The minimum atomic E-state index is -0.544. The molecule has 0 aromatic heterocycles. The van der Waals surface area contributed by atoms with Gasteiger partial charge in [-0.25, -0.2) is 0 Å². The van der Waals surface area contributed by atoms with Crippen LogP contribution in [0.5, 0.6) is 0 Å². The molecule has 0 aliphatic carbocycles. The summed E-state index contributed by atoms with van der Waals surface area (Å²) in [6.07, 6.45) is 0. The van der Waals surface area contributed by atoms with Crippen LogP contribution in [0.25, 0.3) is 0 Å². The number of carbonyl (C=O) groups is 1. The number of nitrogens with zero attached hydrogens (tertiary/aromatic N) is 1. The second-order valence-corrected chi connectivity index (χ2v) is 5.90. The maximum atomic E-state index is 11.5. The van der Waals surface area contributed by atoms with E-state index < -0.39 is 10.5 Å². The number of nitro benzene ring substituents is 1. The van der Waals surface area contributed by atoms with Crippen LogP contribution in [0.1, 0.15) is 20.8 Å². The molecule has 0 unspecified atom stereocenters. The number of anilines is 1. The molecule has 0 atom stereocenters. The van der Waals surface area contributed by atoms with Gasteiger partial charge in [0.1, 0.15) is 11.3 Å². The van der Waals surface area contributed by atoms with E-state index in [2.05, 4.69) is 0 Å². The average molecular weight is 284 g/mol. The SMILES string of the molecule is CC(C)(C)OC(=O)CSc1ccc([N+](=O)[O-])c(N)c1. The smallest absolute Gasteiger partial charge is 0.316 e. The van der Waals surface area contributed by atoms with E-state index in [1.54, 1.807) is 26.8 Å². The molecular formula is C12H16N2O4S. The van der Waals surface area contributed by atoms with Gasteiger partial charge in [-0.15, -0.1) is 11.8 Å². The zero-order chi connectivity index (χ0) is 14.6. The van der Waals surface area contributed by atoms with Crippen LogP contribution >= 0.6 is 11.8 Å². The molecule has 0 bridgehead atoms. The van der Waals surface area contributed by atoms with E-state index in [4.69, 9.17) is 10.5 Å². The molecule has 2 N–H and O–H groups in total. The van der Waals surface area contributed by atoms with Crippen LogP contribution in [0.2, 0.25) is 0 Å². The fourth-order valence-corrected chi connectivity index (χ4v) is 2.02. The highest BCUT2D eigenvalue weighted by Crippen LogP contribution is 2.28. The van der Waals surface area contributed by atoms with Gasteiger partial charge < -0.3 is 10.5 Å². The van der Waals surface area contributed by atoms with Crippen molar-refractivity contribution < 1.29 is 14.5 Å². The summed E-state index contributed by atoms with van der Waals surface area (Å²) < 4.78 is 5.15. The Bertz CT molecular complexity index is 497. The molecule has 7 heteroatoms. The normalized spacial score (nSPS) is 11.1. The van der Waals surface area contributed by atoms with Crippen molar-refractivity contribution in [2.75, 3.05) is 11.5 Å². The summed E-state index contributed by atoms with van der Waals surface area (Å²) in [7, 11) is 0. The van der Waals surface area contributed by atoms with Gasteiger partial charge >= 0.3 is 5.97 Å². The molecule has 0 saturated heterocycles. The van der Waals surface area contributed by atoms with E-state index in [9.17, 15) is 14.9 Å². The number of nitrogens with two attached hydrogens (primary N) is 1. The van der Waals surface area contributed by atoms with Crippen molar-refractivity contribution >= 4 is 29.1 Å².